The number of hydrogen-bond acceptors (Lipinski definition) is 4. The molecule has 2 aliphatic rings. The van der Waals surface area contributed by atoms with Crippen molar-refractivity contribution in [2.75, 3.05) is 5.32 Å². The van der Waals surface area contributed by atoms with Crippen molar-refractivity contribution in [1.29, 1.82) is 0 Å². The lowest BCUT2D eigenvalue weighted by molar-refractivity contribution is 0.407. The number of rotatable bonds is 12. The molecule has 9 rings (SSSR count). The first-order chi connectivity index (χ1) is 28.1. The van der Waals surface area contributed by atoms with Crippen LogP contribution in [0.5, 0.6) is 0 Å². The molecular formula is C52H49N5. The fourth-order valence-electron chi connectivity index (χ4n) is 8.48. The third-order valence-corrected chi connectivity index (χ3v) is 11.3. The standard InChI is InChI=1S/C52H49N5/c1-36-30-42(51(53)56-52(39-20-10-4-11-21-39)54-35-37-16-6-2-7-17-37)32-43(31-36)55-48-28-26-40(33-46(48)38-18-8-3-9-19-38)41-27-29-50-47(34-41)45-24-14-15-25-49(45)57(50)44-22-12-5-13-23-44/h2-10,12-20,22-26,28-34,41,51-52,54-56H,11,21,27,35,53H2,1H3. The van der Waals surface area contributed by atoms with Crippen LogP contribution >= 0.6 is 0 Å². The number of nitrogens with two attached hydrogens (primary N) is 1. The van der Waals surface area contributed by atoms with Gasteiger partial charge in [-0.1, -0.05) is 140 Å². The van der Waals surface area contributed by atoms with Gasteiger partial charge >= 0.3 is 0 Å². The van der Waals surface area contributed by atoms with Gasteiger partial charge in [-0.3, -0.25) is 10.6 Å². The van der Waals surface area contributed by atoms with Gasteiger partial charge in [0, 0.05) is 51.0 Å². The fourth-order valence-corrected chi connectivity index (χ4v) is 8.48. The van der Waals surface area contributed by atoms with Crippen LogP contribution in [0.15, 0.2) is 175 Å². The van der Waals surface area contributed by atoms with Crippen molar-refractivity contribution in [2.24, 2.45) is 5.73 Å². The SMILES string of the molecule is Cc1cc(Nc2ccc(C3C=c4c(n(-c5ccccc5)c5ccccc45)=CC3)cc2-c2ccccc2)cc(C(N)NC(NCc2ccccc2)C2=CC=CCC2)c1. The van der Waals surface area contributed by atoms with E-state index in [9.17, 15) is 0 Å². The number of fused-ring (bicyclic) bond motifs is 3. The van der Waals surface area contributed by atoms with Crippen LogP contribution < -0.4 is 32.3 Å². The number of aromatic nitrogens is 1. The van der Waals surface area contributed by atoms with Crippen LogP contribution in [-0.4, -0.2) is 10.7 Å². The molecule has 282 valence electrons. The van der Waals surface area contributed by atoms with E-state index in [-0.39, 0.29) is 18.2 Å². The van der Waals surface area contributed by atoms with Crippen molar-refractivity contribution in [2.45, 2.75) is 51.0 Å². The number of para-hydroxylation sites is 2. The van der Waals surface area contributed by atoms with Crippen molar-refractivity contribution < 1.29 is 0 Å². The molecule has 3 atom stereocenters. The zero-order chi connectivity index (χ0) is 38.6. The lowest BCUT2D eigenvalue weighted by Crippen LogP contribution is -2.47. The fraction of sp³-hybridized carbons (Fsp3) is 0.154. The third-order valence-electron chi connectivity index (χ3n) is 11.3. The number of nitrogens with one attached hydrogen (secondary N) is 3. The summed E-state index contributed by atoms with van der Waals surface area (Å²) in [5.41, 5.74) is 19.9. The predicted molar refractivity (Wildman–Crippen MR) is 239 cm³/mol. The molecule has 5 nitrogen and oxygen atoms in total. The van der Waals surface area contributed by atoms with Crippen molar-refractivity contribution >= 4 is 34.4 Å². The lowest BCUT2D eigenvalue weighted by atomic mass is 9.89. The summed E-state index contributed by atoms with van der Waals surface area (Å²) in [6.07, 6.45) is 14.0. The maximum Gasteiger partial charge on any atom is 0.0825 e. The molecule has 0 saturated heterocycles. The van der Waals surface area contributed by atoms with E-state index >= 15 is 0 Å². The molecule has 0 bridgehead atoms. The molecule has 0 spiro atoms. The molecule has 2 aliphatic carbocycles. The molecule has 0 aliphatic heterocycles. The van der Waals surface area contributed by atoms with Gasteiger partial charge < -0.3 is 15.6 Å². The molecule has 1 heterocycles. The molecule has 6 aromatic carbocycles. The average Bonchev–Trinajstić information content (AvgIpc) is 3.60. The van der Waals surface area contributed by atoms with E-state index < -0.39 is 0 Å². The summed E-state index contributed by atoms with van der Waals surface area (Å²) in [6, 6.07) is 54.2. The largest absolute Gasteiger partial charge is 0.355 e. The zero-order valence-electron chi connectivity index (χ0n) is 32.4. The van der Waals surface area contributed by atoms with Crippen molar-refractivity contribution in [1.82, 2.24) is 15.2 Å². The Morgan fingerprint density at radius 2 is 1.54 bits per heavy atom. The number of benzene rings is 6. The lowest BCUT2D eigenvalue weighted by Gasteiger charge is -2.28. The van der Waals surface area contributed by atoms with E-state index in [4.69, 9.17) is 5.73 Å². The summed E-state index contributed by atoms with van der Waals surface area (Å²) in [6.45, 7) is 2.89. The Bertz CT molecular complexity index is 2690. The first-order valence-corrected chi connectivity index (χ1v) is 20.2. The minimum absolute atomic E-state index is 0.0564. The highest BCUT2D eigenvalue weighted by Crippen LogP contribution is 2.36. The number of nitrogens with zero attached hydrogens (tertiary/aromatic N) is 1. The maximum absolute atomic E-state index is 7.00. The second-order valence-electron chi connectivity index (χ2n) is 15.3. The summed E-state index contributed by atoms with van der Waals surface area (Å²) in [4.78, 5) is 0. The highest BCUT2D eigenvalue weighted by molar-refractivity contribution is 5.86. The van der Waals surface area contributed by atoms with Gasteiger partial charge in [-0.15, -0.1) is 0 Å². The van der Waals surface area contributed by atoms with Gasteiger partial charge in [0.15, 0.2) is 0 Å². The van der Waals surface area contributed by atoms with Gasteiger partial charge in [-0.2, -0.15) is 0 Å². The summed E-state index contributed by atoms with van der Waals surface area (Å²) >= 11 is 0. The van der Waals surface area contributed by atoms with Crippen LogP contribution in [0, 0.1) is 6.92 Å². The van der Waals surface area contributed by atoms with E-state index in [1.54, 1.807) is 0 Å². The van der Waals surface area contributed by atoms with E-state index in [1.165, 1.54) is 55.0 Å². The molecule has 7 aromatic rings. The second-order valence-corrected chi connectivity index (χ2v) is 15.3. The van der Waals surface area contributed by atoms with Gasteiger partial charge in [0.2, 0.25) is 0 Å². The van der Waals surface area contributed by atoms with Crippen LogP contribution in [0.2, 0.25) is 0 Å². The monoisotopic (exact) mass is 743 g/mol. The Morgan fingerprint density at radius 3 is 2.33 bits per heavy atom. The summed E-state index contributed by atoms with van der Waals surface area (Å²) in [5, 5.41) is 15.2. The topological polar surface area (TPSA) is 67.0 Å². The molecular weight excluding hydrogens is 695 g/mol. The highest BCUT2D eigenvalue weighted by Gasteiger charge is 2.21. The quantitative estimate of drug-likeness (QED) is 0.0942. The third kappa shape index (κ3) is 7.91. The van der Waals surface area contributed by atoms with Crippen molar-refractivity contribution in [3.8, 4) is 16.8 Å². The second kappa shape index (κ2) is 16.5. The van der Waals surface area contributed by atoms with Gasteiger partial charge in [-0.05, 0) is 102 Å². The van der Waals surface area contributed by atoms with Crippen LogP contribution in [-0.2, 0) is 6.54 Å². The molecule has 3 unspecified atom stereocenters. The normalized spacial score (nSPS) is 15.9. The van der Waals surface area contributed by atoms with E-state index in [0.29, 0.717) is 0 Å². The van der Waals surface area contributed by atoms with E-state index in [1.807, 2.05) is 0 Å². The van der Waals surface area contributed by atoms with Crippen LogP contribution in [0.25, 0.3) is 39.9 Å². The van der Waals surface area contributed by atoms with Gasteiger partial charge in [0.05, 0.1) is 17.8 Å². The van der Waals surface area contributed by atoms with Gasteiger partial charge in [0.1, 0.15) is 0 Å². The Hall–Kier alpha value is -6.24. The van der Waals surface area contributed by atoms with Crippen molar-refractivity contribution in [3.63, 3.8) is 0 Å². The van der Waals surface area contributed by atoms with E-state index in [0.717, 1.165) is 48.3 Å². The molecule has 57 heavy (non-hydrogen) atoms. The Balaban J connectivity index is 1.02. The first kappa shape index (κ1) is 36.4. The Labute approximate surface area is 335 Å². The molecule has 0 saturated carbocycles. The van der Waals surface area contributed by atoms with Gasteiger partial charge in [-0.25, -0.2) is 0 Å². The maximum atomic E-state index is 7.00. The van der Waals surface area contributed by atoms with E-state index in [2.05, 4.69) is 209 Å². The molecule has 0 fully saturated rings. The average molecular weight is 744 g/mol. The molecule has 1 aromatic heterocycles. The molecule has 0 amide bonds. The summed E-state index contributed by atoms with van der Waals surface area (Å²) in [5.74, 6) is 0.247. The van der Waals surface area contributed by atoms with Crippen LogP contribution in [0.1, 0.15) is 53.6 Å². The van der Waals surface area contributed by atoms with Crippen molar-refractivity contribution in [3.05, 3.63) is 208 Å². The Kier molecular flexibility index (Phi) is 10.5. The first-order valence-electron chi connectivity index (χ1n) is 20.2. The number of aryl methyl sites for hydroxylation is 1. The number of allylic oxidation sites excluding steroid dienone is 3. The van der Waals surface area contributed by atoms with Crippen LogP contribution in [0.3, 0.4) is 0 Å². The predicted octanol–water partition coefficient (Wildman–Crippen LogP) is 10.0. The number of anilines is 2. The minimum Gasteiger partial charge on any atom is -0.355 e. The zero-order valence-corrected chi connectivity index (χ0v) is 32.4. The molecule has 5 N–H and O–H groups in total. The smallest absolute Gasteiger partial charge is 0.0825 e. The summed E-state index contributed by atoms with van der Waals surface area (Å²) in [7, 11) is 0. The molecule has 0 radical (unpaired) electrons. The Morgan fingerprint density at radius 1 is 0.789 bits per heavy atom. The minimum atomic E-state index is -0.377. The number of hydrogen-bond donors (Lipinski definition) is 4. The molecule has 5 heteroatoms. The highest BCUT2D eigenvalue weighted by atomic mass is 15.2. The van der Waals surface area contributed by atoms with Gasteiger partial charge in [0.25, 0.3) is 0 Å². The summed E-state index contributed by atoms with van der Waals surface area (Å²) < 4.78 is 2.41. The van der Waals surface area contributed by atoms with Crippen LogP contribution in [0.4, 0.5) is 11.4 Å².